The topological polar surface area (TPSA) is 203 Å². The van der Waals surface area contributed by atoms with Crippen LogP contribution in [0.3, 0.4) is 0 Å². The minimum Gasteiger partial charge on any atom is -0.459 e. The van der Waals surface area contributed by atoms with E-state index in [2.05, 4.69) is 0 Å². The molecule has 2 aromatic carbocycles. The Morgan fingerprint density at radius 2 is 1.49 bits per heavy atom. The molecule has 0 aliphatic heterocycles. The highest BCUT2D eigenvalue weighted by Gasteiger charge is 2.40. The number of allylic oxidation sites excluding steroid dienone is 1. The van der Waals surface area contributed by atoms with Crippen LogP contribution in [0.5, 0.6) is 0 Å². The average Bonchev–Trinajstić information content (AvgIpc) is 3.13. The summed E-state index contributed by atoms with van der Waals surface area (Å²) < 4.78 is 5.38. The first kappa shape index (κ1) is 24.5. The third kappa shape index (κ3) is 4.26. The molecule has 0 saturated heterocycles. The molecule has 0 amide bonds. The Kier molecular flexibility index (Phi) is 6.55. The van der Waals surface area contributed by atoms with Crippen LogP contribution in [0.4, 0.5) is 17.1 Å². The molecule has 1 aliphatic rings. The number of ether oxygens (including phenoxy) is 1. The molecule has 0 heterocycles. The highest BCUT2D eigenvalue weighted by atomic mass is 16.6. The number of nitrogens with zero attached hydrogens (tertiary/aromatic N) is 5. The fraction of sp³-hybridized carbons (Fsp3) is 0.227. The van der Waals surface area contributed by atoms with Crippen LogP contribution in [-0.4, -0.2) is 26.8 Å². The smallest absolute Gasteiger partial charge is 0.339 e. The van der Waals surface area contributed by atoms with Crippen molar-refractivity contribution in [2.45, 2.75) is 32.8 Å². The Labute approximate surface area is 196 Å². The van der Waals surface area contributed by atoms with Crippen molar-refractivity contribution in [1.29, 1.82) is 10.5 Å². The molecule has 176 valence electrons. The van der Waals surface area contributed by atoms with Crippen molar-refractivity contribution in [2.24, 2.45) is 0 Å². The Morgan fingerprint density at radius 3 is 1.97 bits per heavy atom. The number of nitro groups is 3. The first-order chi connectivity index (χ1) is 16.5. The van der Waals surface area contributed by atoms with E-state index in [4.69, 9.17) is 4.74 Å². The minimum absolute atomic E-state index is 0.182. The molecule has 13 nitrogen and oxygen atoms in total. The van der Waals surface area contributed by atoms with E-state index >= 15 is 0 Å². The lowest BCUT2D eigenvalue weighted by molar-refractivity contribution is -0.393. The van der Waals surface area contributed by atoms with Crippen LogP contribution in [0, 0.1) is 53.0 Å². The van der Waals surface area contributed by atoms with E-state index < -0.39 is 55.0 Å². The van der Waals surface area contributed by atoms with Gasteiger partial charge < -0.3 is 4.74 Å². The van der Waals surface area contributed by atoms with Gasteiger partial charge in [-0.15, -0.1) is 0 Å². The van der Waals surface area contributed by atoms with Crippen LogP contribution >= 0.6 is 0 Å². The van der Waals surface area contributed by atoms with Crippen molar-refractivity contribution >= 4 is 28.6 Å². The van der Waals surface area contributed by atoms with Crippen LogP contribution in [0.2, 0.25) is 0 Å². The normalized spacial score (nSPS) is 11.9. The number of hydrogen-bond donors (Lipinski definition) is 0. The number of hydrogen-bond acceptors (Lipinski definition) is 10. The number of carbonyl (C=O) groups is 1. The highest BCUT2D eigenvalue weighted by molar-refractivity contribution is 6.13. The molecule has 0 spiro atoms. The maximum absolute atomic E-state index is 13.1. The molecule has 3 rings (SSSR count). The molecule has 0 N–H and O–H groups in total. The molecule has 1 atom stereocenters. The van der Waals surface area contributed by atoms with Gasteiger partial charge in [0.15, 0.2) is 0 Å². The zero-order valence-electron chi connectivity index (χ0n) is 18.3. The van der Waals surface area contributed by atoms with Crippen molar-refractivity contribution in [1.82, 2.24) is 0 Å². The summed E-state index contributed by atoms with van der Waals surface area (Å²) in [5, 5.41) is 54.0. The summed E-state index contributed by atoms with van der Waals surface area (Å²) in [6, 6.07) is 6.67. The van der Waals surface area contributed by atoms with Gasteiger partial charge in [0.25, 0.3) is 17.1 Å². The van der Waals surface area contributed by atoms with E-state index in [1.165, 1.54) is 0 Å². The summed E-state index contributed by atoms with van der Waals surface area (Å²) in [6.07, 6.45) is 0.559. The first-order valence-corrected chi connectivity index (χ1v) is 10.1. The van der Waals surface area contributed by atoms with Crippen molar-refractivity contribution in [3.05, 3.63) is 76.9 Å². The van der Waals surface area contributed by atoms with Gasteiger partial charge in [0.1, 0.15) is 17.7 Å². The molecular formula is C22H15N5O8. The molecule has 0 saturated carbocycles. The van der Waals surface area contributed by atoms with Gasteiger partial charge >= 0.3 is 5.97 Å². The monoisotopic (exact) mass is 477 g/mol. The third-order valence-electron chi connectivity index (χ3n) is 5.33. The lowest BCUT2D eigenvalue weighted by Crippen LogP contribution is -2.16. The van der Waals surface area contributed by atoms with Gasteiger partial charge in [-0.05, 0) is 13.3 Å². The minimum atomic E-state index is -1.01. The number of benzene rings is 2. The number of fused-ring (bicyclic) bond motifs is 3. The number of rotatable bonds is 7. The number of non-ortho nitro benzene ring substituents is 2. The quantitative estimate of drug-likeness (QED) is 0.200. The molecule has 13 heteroatoms. The molecule has 1 aliphatic carbocycles. The SMILES string of the molecule is CCCC(C)OC(=O)c1cc([N+](=O)[O-])cc2c1-c1c(cc([N+](=O)[O-])cc1[N+](=O)[O-])C2=C(C#N)C#N. The van der Waals surface area contributed by atoms with Crippen LogP contribution in [0.15, 0.2) is 29.8 Å². The highest BCUT2D eigenvalue weighted by Crippen LogP contribution is 2.53. The summed E-state index contributed by atoms with van der Waals surface area (Å²) in [7, 11) is 0. The second-order valence-corrected chi connectivity index (χ2v) is 7.55. The fourth-order valence-corrected chi connectivity index (χ4v) is 3.94. The average molecular weight is 477 g/mol. The Morgan fingerprint density at radius 1 is 0.943 bits per heavy atom. The molecule has 0 fully saturated rings. The molecule has 0 aromatic heterocycles. The Bertz CT molecular complexity index is 1410. The molecule has 35 heavy (non-hydrogen) atoms. The van der Waals surface area contributed by atoms with Crippen molar-refractivity contribution in [3.8, 4) is 23.3 Å². The number of nitriles is 2. The van der Waals surface area contributed by atoms with Gasteiger partial charge in [0.05, 0.1) is 38.1 Å². The molecule has 2 aromatic rings. The van der Waals surface area contributed by atoms with Crippen molar-refractivity contribution in [3.63, 3.8) is 0 Å². The molecular weight excluding hydrogens is 462 g/mol. The largest absolute Gasteiger partial charge is 0.459 e. The second-order valence-electron chi connectivity index (χ2n) is 7.55. The van der Waals surface area contributed by atoms with Crippen molar-refractivity contribution < 1.29 is 24.3 Å². The number of carbonyl (C=O) groups excluding carboxylic acids is 1. The van der Waals surface area contributed by atoms with E-state index in [1.54, 1.807) is 19.1 Å². The van der Waals surface area contributed by atoms with Crippen LogP contribution in [0.25, 0.3) is 16.7 Å². The third-order valence-corrected chi connectivity index (χ3v) is 5.33. The van der Waals surface area contributed by atoms with Crippen LogP contribution in [0.1, 0.15) is 48.2 Å². The lowest BCUT2D eigenvalue weighted by atomic mass is 9.96. The summed E-state index contributed by atoms with van der Waals surface area (Å²) in [4.78, 5) is 45.4. The maximum atomic E-state index is 13.1. The van der Waals surface area contributed by atoms with E-state index in [-0.39, 0.29) is 27.8 Å². The summed E-state index contributed by atoms with van der Waals surface area (Å²) in [5.41, 5.74) is -4.25. The number of esters is 1. The summed E-state index contributed by atoms with van der Waals surface area (Å²) >= 11 is 0. The van der Waals surface area contributed by atoms with Gasteiger partial charge in [-0.2, -0.15) is 10.5 Å². The fourth-order valence-electron chi connectivity index (χ4n) is 3.94. The van der Waals surface area contributed by atoms with E-state index in [9.17, 15) is 45.7 Å². The van der Waals surface area contributed by atoms with Crippen LogP contribution < -0.4 is 0 Å². The first-order valence-electron chi connectivity index (χ1n) is 10.1. The number of nitro benzene ring substituents is 3. The molecule has 0 bridgehead atoms. The molecule has 0 radical (unpaired) electrons. The zero-order chi connectivity index (χ0) is 26.0. The summed E-state index contributed by atoms with van der Waals surface area (Å²) in [6.45, 7) is 3.46. The van der Waals surface area contributed by atoms with E-state index in [0.717, 1.165) is 18.2 Å². The van der Waals surface area contributed by atoms with Gasteiger partial charge in [0.2, 0.25) is 0 Å². The Hall–Kier alpha value is -5.17. The lowest BCUT2D eigenvalue weighted by Gasteiger charge is -2.14. The van der Waals surface area contributed by atoms with Gasteiger partial charge in [-0.1, -0.05) is 13.3 Å². The van der Waals surface area contributed by atoms with Gasteiger partial charge in [0, 0.05) is 40.5 Å². The van der Waals surface area contributed by atoms with E-state index in [1.807, 2.05) is 6.92 Å². The van der Waals surface area contributed by atoms with Crippen molar-refractivity contribution in [2.75, 3.05) is 0 Å². The zero-order valence-corrected chi connectivity index (χ0v) is 18.3. The van der Waals surface area contributed by atoms with Crippen LogP contribution in [-0.2, 0) is 4.74 Å². The molecule has 1 unspecified atom stereocenters. The maximum Gasteiger partial charge on any atom is 0.339 e. The standard InChI is InChI=1S/C22H15N5O8/c1-3-4-11(2)35-22(28)17-7-13(25(29)30)5-15-19(12(9-23)10-24)16-6-14(26(31)32)8-18(27(33)34)21(16)20(15)17/h5-8,11H,3-4H2,1-2H3. The van der Waals surface area contributed by atoms with E-state index in [0.29, 0.717) is 18.9 Å². The van der Waals surface area contributed by atoms with Gasteiger partial charge in [-0.25, -0.2) is 4.79 Å². The predicted octanol–water partition coefficient (Wildman–Crippen LogP) is 4.59. The van der Waals surface area contributed by atoms with Gasteiger partial charge in [-0.3, -0.25) is 30.3 Å². The second kappa shape index (κ2) is 9.36. The summed E-state index contributed by atoms with van der Waals surface area (Å²) in [5.74, 6) is -1.01. The Balaban J connectivity index is 2.53. The predicted molar refractivity (Wildman–Crippen MR) is 119 cm³/mol.